The van der Waals surface area contributed by atoms with Crippen molar-refractivity contribution in [3.05, 3.63) is 70.8 Å². The minimum absolute atomic E-state index is 0.0273. The Labute approximate surface area is 167 Å². The van der Waals surface area contributed by atoms with E-state index in [-0.39, 0.29) is 11.0 Å². The van der Waals surface area contributed by atoms with Crippen molar-refractivity contribution in [3.8, 4) is 12.1 Å². The molecule has 3 rings (SSSR count). The molecule has 0 atom stereocenters. The topological polar surface area (TPSA) is 50.8 Å². The van der Waals surface area contributed by atoms with E-state index in [0.717, 1.165) is 29.6 Å². The van der Waals surface area contributed by atoms with Crippen molar-refractivity contribution >= 4 is 22.5 Å². The first-order chi connectivity index (χ1) is 13.3. The van der Waals surface area contributed by atoms with Crippen LogP contribution >= 0.6 is 0 Å². The zero-order valence-corrected chi connectivity index (χ0v) is 17.0. The third kappa shape index (κ3) is 4.00. The second kappa shape index (κ2) is 7.75. The van der Waals surface area contributed by atoms with Gasteiger partial charge in [0.05, 0.1) is 0 Å². The van der Waals surface area contributed by atoms with Gasteiger partial charge in [0.25, 0.3) is 0 Å². The number of hydrogen-bond donors (Lipinski definition) is 0. The maximum absolute atomic E-state index is 9.25. The predicted molar refractivity (Wildman–Crippen MR) is 117 cm³/mol. The molecule has 3 nitrogen and oxygen atoms in total. The van der Waals surface area contributed by atoms with Gasteiger partial charge in [-0.1, -0.05) is 62.4 Å². The van der Waals surface area contributed by atoms with Crippen molar-refractivity contribution < 1.29 is 0 Å². The van der Waals surface area contributed by atoms with Gasteiger partial charge in [0.2, 0.25) is 0 Å². The van der Waals surface area contributed by atoms with Gasteiger partial charge < -0.3 is 4.90 Å². The predicted octanol–water partition coefficient (Wildman–Crippen LogP) is 6.01. The molecule has 0 radical (unpaired) electrons. The van der Waals surface area contributed by atoms with Crippen LogP contribution in [0.25, 0.3) is 16.8 Å². The molecule has 0 N–H and O–H groups in total. The summed E-state index contributed by atoms with van der Waals surface area (Å²) in [6.45, 7) is 4.36. The molecular weight excluding hydrogens is 342 g/mol. The van der Waals surface area contributed by atoms with E-state index < -0.39 is 0 Å². The zero-order chi connectivity index (χ0) is 20.3. The molecule has 3 heteroatoms. The first-order valence-corrected chi connectivity index (χ1v) is 9.46. The second-order valence-electron chi connectivity index (χ2n) is 8.31. The summed E-state index contributed by atoms with van der Waals surface area (Å²) in [5.74, 6) is 0. The largest absolute Gasteiger partial charge is 0.377 e. The van der Waals surface area contributed by atoms with E-state index in [1.807, 2.05) is 18.2 Å². The SMILES string of the molecule is CN(C)c1ccc(/C=C/C2=CC(=C(C#N)C#N)CC(C)(C)C2)c2ccccc12. The molecule has 1 aliphatic rings. The maximum Gasteiger partial charge on any atom is 0.132 e. The Morgan fingerprint density at radius 2 is 1.64 bits per heavy atom. The molecular formula is C25H25N3. The number of allylic oxidation sites excluding steroid dienone is 5. The lowest BCUT2D eigenvalue weighted by Gasteiger charge is -2.30. The zero-order valence-electron chi connectivity index (χ0n) is 17.0. The van der Waals surface area contributed by atoms with Crippen molar-refractivity contribution in [2.45, 2.75) is 26.7 Å². The van der Waals surface area contributed by atoms with Gasteiger partial charge in [-0.15, -0.1) is 0 Å². The molecule has 0 amide bonds. The highest BCUT2D eigenvalue weighted by Crippen LogP contribution is 2.40. The summed E-state index contributed by atoms with van der Waals surface area (Å²) in [7, 11) is 4.12. The molecule has 0 unspecified atom stereocenters. The van der Waals surface area contributed by atoms with Crippen LogP contribution in [-0.2, 0) is 0 Å². The van der Waals surface area contributed by atoms with E-state index in [1.165, 1.54) is 16.5 Å². The summed E-state index contributed by atoms with van der Waals surface area (Å²) >= 11 is 0. The summed E-state index contributed by atoms with van der Waals surface area (Å²) in [5, 5.41) is 20.9. The quantitative estimate of drug-likeness (QED) is 0.624. The molecule has 140 valence electrons. The number of benzene rings is 2. The van der Waals surface area contributed by atoms with Gasteiger partial charge in [-0.3, -0.25) is 0 Å². The summed E-state index contributed by atoms with van der Waals surface area (Å²) < 4.78 is 0. The van der Waals surface area contributed by atoms with Crippen molar-refractivity contribution in [2.24, 2.45) is 5.41 Å². The number of nitriles is 2. The Balaban J connectivity index is 2.05. The van der Waals surface area contributed by atoms with Crippen LogP contribution in [0.15, 0.2) is 65.3 Å². The number of hydrogen-bond acceptors (Lipinski definition) is 3. The Bertz CT molecular complexity index is 1070. The van der Waals surface area contributed by atoms with Crippen LogP contribution in [0.4, 0.5) is 5.69 Å². The van der Waals surface area contributed by atoms with E-state index in [0.29, 0.717) is 0 Å². The Morgan fingerprint density at radius 3 is 2.29 bits per heavy atom. The third-order valence-electron chi connectivity index (χ3n) is 5.15. The first kappa shape index (κ1) is 19.5. The molecule has 2 aromatic carbocycles. The van der Waals surface area contributed by atoms with Gasteiger partial charge in [-0.25, -0.2) is 0 Å². The third-order valence-corrected chi connectivity index (χ3v) is 5.15. The lowest BCUT2D eigenvalue weighted by molar-refractivity contribution is 0.354. The van der Waals surface area contributed by atoms with Gasteiger partial charge in [-0.2, -0.15) is 10.5 Å². The minimum atomic E-state index is 0.0273. The molecule has 0 fully saturated rings. The van der Waals surface area contributed by atoms with Crippen molar-refractivity contribution in [2.75, 3.05) is 19.0 Å². The molecule has 0 aromatic heterocycles. The van der Waals surface area contributed by atoms with Crippen molar-refractivity contribution in [1.29, 1.82) is 10.5 Å². The molecule has 0 heterocycles. The van der Waals surface area contributed by atoms with E-state index >= 15 is 0 Å². The first-order valence-electron chi connectivity index (χ1n) is 9.46. The highest BCUT2D eigenvalue weighted by atomic mass is 15.1. The molecule has 0 saturated carbocycles. The molecule has 0 bridgehead atoms. The average Bonchev–Trinajstić information content (AvgIpc) is 2.65. The maximum atomic E-state index is 9.25. The number of nitrogens with zero attached hydrogens (tertiary/aromatic N) is 3. The van der Waals surface area contributed by atoms with Crippen LogP contribution in [-0.4, -0.2) is 14.1 Å². The Morgan fingerprint density at radius 1 is 0.964 bits per heavy atom. The lowest BCUT2D eigenvalue weighted by atomic mass is 9.74. The number of anilines is 1. The van der Waals surface area contributed by atoms with E-state index in [9.17, 15) is 10.5 Å². The smallest absolute Gasteiger partial charge is 0.132 e. The van der Waals surface area contributed by atoms with Gasteiger partial charge in [-0.05, 0) is 46.4 Å². The van der Waals surface area contributed by atoms with Crippen molar-refractivity contribution in [1.82, 2.24) is 0 Å². The Hall–Kier alpha value is -3.30. The summed E-state index contributed by atoms with van der Waals surface area (Å²) in [4.78, 5) is 2.13. The van der Waals surface area contributed by atoms with Gasteiger partial charge in [0.15, 0.2) is 0 Å². The van der Waals surface area contributed by atoms with E-state index in [2.05, 4.69) is 81.4 Å². The summed E-state index contributed by atoms with van der Waals surface area (Å²) in [6, 6.07) is 16.8. The molecule has 0 aliphatic heterocycles. The average molecular weight is 367 g/mol. The van der Waals surface area contributed by atoms with Crippen LogP contribution in [0.3, 0.4) is 0 Å². The molecule has 2 aromatic rings. The summed E-state index contributed by atoms with van der Waals surface area (Å²) in [5.41, 5.74) is 4.60. The monoisotopic (exact) mass is 367 g/mol. The van der Waals surface area contributed by atoms with Crippen LogP contribution < -0.4 is 4.90 Å². The van der Waals surface area contributed by atoms with Gasteiger partial charge in [0, 0.05) is 25.2 Å². The second-order valence-corrected chi connectivity index (χ2v) is 8.31. The van der Waals surface area contributed by atoms with Gasteiger partial charge >= 0.3 is 0 Å². The molecule has 28 heavy (non-hydrogen) atoms. The summed E-state index contributed by atoms with van der Waals surface area (Å²) in [6.07, 6.45) is 7.96. The molecule has 0 spiro atoms. The van der Waals surface area contributed by atoms with Crippen LogP contribution in [0.1, 0.15) is 32.3 Å². The van der Waals surface area contributed by atoms with Gasteiger partial charge in [0.1, 0.15) is 17.7 Å². The fraction of sp³-hybridized carbons (Fsp3) is 0.280. The lowest BCUT2D eigenvalue weighted by Crippen LogP contribution is -2.17. The highest BCUT2D eigenvalue weighted by molar-refractivity contribution is 5.99. The van der Waals surface area contributed by atoms with Crippen LogP contribution in [0.5, 0.6) is 0 Å². The Kier molecular flexibility index (Phi) is 5.39. The van der Waals surface area contributed by atoms with Crippen LogP contribution in [0, 0.1) is 28.1 Å². The van der Waals surface area contributed by atoms with Crippen LogP contribution in [0.2, 0.25) is 0 Å². The van der Waals surface area contributed by atoms with Crippen molar-refractivity contribution in [3.63, 3.8) is 0 Å². The number of rotatable bonds is 3. The highest BCUT2D eigenvalue weighted by Gasteiger charge is 2.26. The van der Waals surface area contributed by atoms with E-state index in [1.54, 1.807) is 0 Å². The molecule has 0 saturated heterocycles. The fourth-order valence-electron chi connectivity index (χ4n) is 3.93. The molecule has 1 aliphatic carbocycles. The van der Waals surface area contributed by atoms with E-state index in [4.69, 9.17) is 0 Å². The standard InChI is InChI=1S/C25H25N3/c1-25(2)14-18(13-20(15-25)21(16-26)17-27)9-10-19-11-12-24(28(3)4)23-8-6-5-7-22(19)23/h5-13H,14-15H2,1-4H3/b10-9+. The fourth-order valence-corrected chi connectivity index (χ4v) is 3.93. The minimum Gasteiger partial charge on any atom is -0.377 e. The number of fused-ring (bicyclic) bond motifs is 1. The normalized spacial score (nSPS) is 15.8.